The molecule has 1 amide bonds. The van der Waals surface area contributed by atoms with Gasteiger partial charge in [-0.2, -0.15) is 0 Å². The van der Waals surface area contributed by atoms with Crippen molar-refractivity contribution in [2.24, 2.45) is 0 Å². The highest BCUT2D eigenvalue weighted by Crippen LogP contribution is 2.51. The van der Waals surface area contributed by atoms with E-state index in [2.05, 4.69) is 39.5 Å². The van der Waals surface area contributed by atoms with Crippen LogP contribution in [0, 0.1) is 0 Å². The minimum atomic E-state index is -0.524. The number of likely N-dealkylation sites (tertiary alicyclic amines) is 1. The van der Waals surface area contributed by atoms with Gasteiger partial charge in [-0.3, -0.25) is 9.69 Å². The van der Waals surface area contributed by atoms with Crippen LogP contribution in [0.5, 0.6) is 11.5 Å². The van der Waals surface area contributed by atoms with Crippen molar-refractivity contribution < 1.29 is 19.0 Å². The number of aromatic nitrogens is 1. The van der Waals surface area contributed by atoms with Gasteiger partial charge in [-0.1, -0.05) is 47.7 Å². The highest BCUT2D eigenvalue weighted by atomic mass is 32.1. The molecule has 182 valence electrons. The lowest BCUT2D eigenvalue weighted by molar-refractivity contribution is -0.118. The Labute approximate surface area is 209 Å². The molecule has 1 saturated heterocycles. The van der Waals surface area contributed by atoms with Crippen molar-refractivity contribution in [2.75, 3.05) is 32.4 Å². The maximum Gasteiger partial charge on any atom is 0.236 e. The van der Waals surface area contributed by atoms with Crippen LogP contribution in [-0.4, -0.2) is 48.9 Å². The van der Waals surface area contributed by atoms with Crippen LogP contribution in [0.3, 0.4) is 0 Å². The third-order valence-electron chi connectivity index (χ3n) is 7.35. The predicted molar refractivity (Wildman–Crippen MR) is 134 cm³/mol. The summed E-state index contributed by atoms with van der Waals surface area (Å²) in [4.78, 5) is 21.7. The van der Waals surface area contributed by atoms with Crippen LogP contribution in [0.1, 0.15) is 47.7 Å². The Morgan fingerprint density at radius 2 is 2.06 bits per heavy atom. The highest BCUT2D eigenvalue weighted by Gasteiger charge is 2.52. The maximum absolute atomic E-state index is 13.4. The molecule has 0 bridgehead atoms. The standard InChI is InChI=1S/C27H29N3O4S/c1-32-16-20-8-5-13-30(20)24(18-6-3-2-4-7-18)23-15-28-26(35-23)29-25(31)27(11-12-27)19-9-10-21-22(14-19)34-17-33-21/h2-4,6-7,9-10,14-15,20,24H,5,8,11-13,16-17H2,1H3,(H,28,29,31)/t20-,24?/m0/s1. The van der Waals surface area contributed by atoms with E-state index < -0.39 is 5.41 Å². The van der Waals surface area contributed by atoms with Crippen LogP contribution in [0.4, 0.5) is 5.13 Å². The van der Waals surface area contributed by atoms with Gasteiger partial charge in [-0.15, -0.1) is 0 Å². The zero-order valence-corrected chi connectivity index (χ0v) is 20.6. The highest BCUT2D eigenvalue weighted by molar-refractivity contribution is 7.15. The molecule has 2 atom stereocenters. The number of thiazole rings is 1. The first-order valence-electron chi connectivity index (χ1n) is 12.1. The average molecular weight is 492 g/mol. The summed E-state index contributed by atoms with van der Waals surface area (Å²) in [6.45, 7) is 1.95. The van der Waals surface area contributed by atoms with E-state index in [4.69, 9.17) is 14.2 Å². The minimum Gasteiger partial charge on any atom is -0.454 e. The third kappa shape index (κ3) is 4.20. The van der Waals surface area contributed by atoms with Gasteiger partial charge in [0.1, 0.15) is 0 Å². The molecule has 3 heterocycles. The predicted octanol–water partition coefficient (Wildman–Crippen LogP) is 4.74. The molecule has 0 spiro atoms. The Kier molecular flexibility index (Phi) is 5.96. The fourth-order valence-electron chi connectivity index (χ4n) is 5.38. The van der Waals surface area contributed by atoms with E-state index in [-0.39, 0.29) is 18.7 Å². The molecule has 35 heavy (non-hydrogen) atoms. The first-order valence-corrected chi connectivity index (χ1v) is 13.0. The fourth-order valence-corrected chi connectivity index (χ4v) is 6.34. The van der Waals surface area contributed by atoms with Crippen LogP contribution in [0.15, 0.2) is 54.7 Å². The fraction of sp³-hybridized carbons (Fsp3) is 0.407. The number of carbonyl (C=O) groups is 1. The molecule has 1 aliphatic carbocycles. The molecule has 7 nitrogen and oxygen atoms in total. The van der Waals surface area contributed by atoms with Crippen LogP contribution in [-0.2, 0) is 14.9 Å². The van der Waals surface area contributed by atoms with E-state index >= 15 is 0 Å². The molecule has 1 saturated carbocycles. The van der Waals surface area contributed by atoms with Crippen molar-refractivity contribution in [3.63, 3.8) is 0 Å². The molecule has 8 heteroatoms. The number of nitrogens with one attached hydrogen (secondary N) is 1. The maximum atomic E-state index is 13.4. The monoisotopic (exact) mass is 491 g/mol. The van der Waals surface area contributed by atoms with Crippen molar-refractivity contribution >= 4 is 22.4 Å². The lowest BCUT2D eigenvalue weighted by atomic mass is 9.94. The van der Waals surface area contributed by atoms with Crippen LogP contribution >= 0.6 is 11.3 Å². The number of amides is 1. The number of ether oxygens (including phenoxy) is 3. The number of benzene rings is 2. The van der Waals surface area contributed by atoms with Gasteiger partial charge in [0, 0.05) is 24.2 Å². The number of carbonyl (C=O) groups excluding carboxylic acids is 1. The number of fused-ring (bicyclic) bond motifs is 1. The summed E-state index contributed by atoms with van der Waals surface area (Å²) in [6.07, 6.45) is 5.82. The zero-order valence-electron chi connectivity index (χ0n) is 19.7. The largest absolute Gasteiger partial charge is 0.454 e. The second-order valence-corrected chi connectivity index (χ2v) is 10.5. The molecular weight excluding hydrogens is 462 g/mol. The molecule has 3 aromatic rings. The SMILES string of the molecule is COC[C@@H]1CCCN1C(c1ccccc1)c1cnc(NC(=O)C2(c3ccc4c(c3)OCO4)CC2)s1. The molecule has 0 radical (unpaired) electrons. The smallest absolute Gasteiger partial charge is 0.236 e. The van der Waals surface area contributed by atoms with Gasteiger partial charge < -0.3 is 19.5 Å². The van der Waals surface area contributed by atoms with Crippen LogP contribution in [0.25, 0.3) is 0 Å². The molecule has 2 aliphatic heterocycles. The van der Waals surface area contributed by atoms with Gasteiger partial charge in [0.25, 0.3) is 0 Å². The molecule has 2 fully saturated rings. The Balaban J connectivity index is 1.24. The summed E-state index contributed by atoms with van der Waals surface area (Å²) in [7, 11) is 1.77. The summed E-state index contributed by atoms with van der Waals surface area (Å²) >= 11 is 1.56. The Bertz CT molecular complexity index is 1210. The first kappa shape index (κ1) is 22.5. The third-order valence-corrected chi connectivity index (χ3v) is 8.32. The summed E-state index contributed by atoms with van der Waals surface area (Å²) < 4.78 is 16.5. The second-order valence-electron chi connectivity index (χ2n) is 9.47. The number of methoxy groups -OCH3 is 1. The first-order chi connectivity index (χ1) is 17.2. The number of hydrogen-bond acceptors (Lipinski definition) is 7. The number of anilines is 1. The summed E-state index contributed by atoms with van der Waals surface area (Å²) in [5, 5.41) is 3.76. The van der Waals surface area contributed by atoms with Crippen molar-refractivity contribution in [3.8, 4) is 11.5 Å². The Hall–Kier alpha value is -2.94. The van der Waals surface area contributed by atoms with E-state index in [0.717, 1.165) is 48.4 Å². The van der Waals surface area contributed by atoms with Gasteiger partial charge in [0.15, 0.2) is 16.6 Å². The van der Waals surface area contributed by atoms with E-state index in [9.17, 15) is 4.79 Å². The van der Waals surface area contributed by atoms with Crippen molar-refractivity contribution in [2.45, 2.75) is 43.2 Å². The number of rotatable bonds is 8. The number of hydrogen-bond donors (Lipinski definition) is 1. The lowest BCUT2D eigenvalue weighted by Gasteiger charge is -2.32. The molecule has 3 aliphatic rings. The van der Waals surface area contributed by atoms with Crippen molar-refractivity contribution in [3.05, 3.63) is 70.7 Å². The van der Waals surface area contributed by atoms with Gasteiger partial charge in [0.2, 0.25) is 12.7 Å². The molecule has 1 unspecified atom stereocenters. The van der Waals surface area contributed by atoms with E-state index in [1.807, 2.05) is 30.5 Å². The zero-order chi connectivity index (χ0) is 23.8. The van der Waals surface area contributed by atoms with Gasteiger partial charge in [0.05, 0.1) is 18.1 Å². The topological polar surface area (TPSA) is 72.9 Å². The van der Waals surface area contributed by atoms with E-state index in [1.165, 1.54) is 5.56 Å². The lowest BCUT2D eigenvalue weighted by Crippen LogP contribution is -2.36. The Morgan fingerprint density at radius 1 is 1.23 bits per heavy atom. The van der Waals surface area contributed by atoms with Gasteiger partial charge in [-0.25, -0.2) is 4.98 Å². The minimum absolute atomic E-state index is 0.00745. The molecule has 6 rings (SSSR count). The van der Waals surface area contributed by atoms with Gasteiger partial charge >= 0.3 is 0 Å². The molecule has 1 N–H and O–H groups in total. The summed E-state index contributed by atoms with van der Waals surface area (Å²) in [5.74, 6) is 1.43. The normalized spacial score (nSPS) is 21.1. The van der Waals surface area contributed by atoms with Crippen LogP contribution in [0.2, 0.25) is 0 Å². The van der Waals surface area contributed by atoms with Crippen LogP contribution < -0.4 is 14.8 Å². The Morgan fingerprint density at radius 3 is 2.86 bits per heavy atom. The molecule has 2 aromatic carbocycles. The summed E-state index contributed by atoms with van der Waals surface area (Å²) in [5.41, 5.74) is 1.68. The van der Waals surface area contributed by atoms with E-state index in [0.29, 0.717) is 23.5 Å². The quantitative estimate of drug-likeness (QED) is 0.491. The summed E-state index contributed by atoms with van der Waals surface area (Å²) in [6, 6.07) is 16.8. The van der Waals surface area contributed by atoms with Crippen molar-refractivity contribution in [1.82, 2.24) is 9.88 Å². The molecule has 1 aromatic heterocycles. The molecular formula is C27H29N3O4S. The average Bonchev–Trinajstić information content (AvgIpc) is 3.18. The van der Waals surface area contributed by atoms with Gasteiger partial charge in [-0.05, 0) is 55.5 Å². The number of nitrogens with zero attached hydrogens (tertiary/aromatic N) is 2. The van der Waals surface area contributed by atoms with Crippen molar-refractivity contribution in [1.29, 1.82) is 0 Å². The second kappa shape index (κ2) is 9.26. The van der Waals surface area contributed by atoms with E-state index in [1.54, 1.807) is 18.4 Å².